The third-order valence-electron chi connectivity index (χ3n) is 4.37. The van der Waals surface area contributed by atoms with Gasteiger partial charge in [0.2, 0.25) is 5.91 Å². The van der Waals surface area contributed by atoms with Crippen molar-refractivity contribution in [2.45, 2.75) is 25.8 Å². The van der Waals surface area contributed by atoms with Crippen LogP contribution in [0.3, 0.4) is 0 Å². The number of rotatable bonds is 6. The molecule has 26 heavy (non-hydrogen) atoms. The molecular weight excluding hydrogens is 344 g/mol. The average molecular weight is 364 g/mol. The fourth-order valence-corrected chi connectivity index (χ4v) is 4.01. The SMILES string of the molecule is CN(Cc1nc2ccccc2[nH]1)C(=O)CCCc1nc2ccccc2s1. The molecule has 0 aliphatic carbocycles. The number of amides is 1. The van der Waals surface area contributed by atoms with Crippen LogP contribution in [0.4, 0.5) is 0 Å². The quantitative estimate of drug-likeness (QED) is 0.559. The maximum Gasteiger partial charge on any atom is 0.222 e. The van der Waals surface area contributed by atoms with E-state index in [1.54, 1.807) is 16.2 Å². The Morgan fingerprint density at radius 1 is 1.08 bits per heavy atom. The summed E-state index contributed by atoms with van der Waals surface area (Å²) in [5.41, 5.74) is 2.97. The number of nitrogens with zero attached hydrogens (tertiary/aromatic N) is 3. The Morgan fingerprint density at radius 2 is 1.85 bits per heavy atom. The molecule has 0 atom stereocenters. The largest absolute Gasteiger partial charge is 0.340 e. The van der Waals surface area contributed by atoms with E-state index in [1.165, 1.54) is 4.70 Å². The summed E-state index contributed by atoms with van der Waals surface area (Å²) < 4.78 is 1.20. The highest BCUT2D eigenvalue weighted by Crippen LogP contribution is 2.22. The van der Waals surface area contributed by atoms with Gasteiger partial charge in [0.05, 0.1) is 32.8 Å². The van der Waals surface area contributed by atoms with Crippen LogP contribution in [-0.2, 0) is 17.8 Å². The number of carbonyl (C=O) groups excluding carboxylic acids is 1. The molecule has 132 valence electrons. The van der Waals surface area contributed by atoms with Gasteiger partial charge in [-0.1, -0.05) is 24.3 Å². The van der Waals surface area contributed by atoms with Crippen molar-refractivity contribution in [2.75, 3.05) is 7.05 Å². The molecule has 4 rings (SSSR count). The molecule has 0 radical (unpaired) electrons. The van der Waals surface area contributed by atoms with Crippen molar-refractivity contribution in [1.29, 1.82) is 0 Å². The van der Waals surface area contributed by atoms with Crippen LogP contribution in [0, 0.1) is 0 Å². The van der Waals surface area contributed by atoms with Gasteiger partial charge in [0.25, 0.3) is 0 Å². The van der Waals surface area contributed by atoms with E-state index >= 15 is 0 Å². The van der Waals surface area contributed by atoms with E-state index in [4.69, 9.17) is 0 Å². The molecule has 5 nitrogen and oxygen atoms in total. The molecule has 2 aromatic carbocycles. The first-order valence-electron chi connectivity index (χ1n) is 8.71. The maximum absolute atomic E-state index is 12.4. The zero-order valence-electron chi connectivity index (χ0n) is 14.6. The van der Waals surface area contributed by atoms with Crippen LogP contribution in [0.25, 0.3) is 21.3 Å². The number of benzene rings is 2. The van der Waals surface area contributed by atoms with Crippen molar-refractivity contribution in [3.8, 4) is 0 Å². The number of hydrogen-bond donors (Lipinski definition) is 1. The number of nitrogens with one attached hydrogen (secondary N) is 1. The van der Waals surface area contributed by atoms with Crippen LogP contribution >= 0.6 is 11.3 Å². The lowest BCUT2D eigenvalue weighted by Gasteiger charge is -2.15. The zero-order chi connectivity index (χ0) is 17.9. The van der Waals surface area contributed by atoms with E-state index in [0.29, 0.717) is 13.0 Å². The Hall–Kier alpha value is -2.73. The summed E-state index contributed by atoms with van der Waals surface area (Å²) in [5.74, 6) is 0.944. The van der Waals surface area contributed by atoms with Gasteiger partial charge in [0.15, 0.2) is 0 Å². The summed E-state index contributed by atoms with van der Waals surface area (Å²) in [6.45, 7) is 0.495. The van der Waals surface area contributed by atoms with Crippen molar-refractivity contribution in [2.24, 2.45) is 0 Å². The number of aryl methyl sites for hydroxylation is 1. The second-order valence-electron chi connectivity index (χ2n) is 6.38. The minimum Gasteiger partial charge on any atom is -0.340 e. The van der Waals surface area contributed by atoms with Crippen LogP contribution in [0.15, 0.2) is 48.5 Å². The maximum atomic E-state index is 12.4. The molecule has 4 aromatic rings. The first-order chi connectivity index (χ1) is 12.7. The van der Waals surface area contributed by atoms with Gasteiger partial charge in [-0.3, -0.25) is 4.79 Å². The number of para-hydroxylation sites is 3. The molecule has 2 heterocycles. The summed E-state index contributed by atoms with van der Waals surface area (Å²) in [6, 6.07) is 16.0. The summed E-state index contributed by atoms with van der Waals surface area (Å²) >= 11 is 1.71. The van der Waals surface area contributed by atoms with Gasteiger partial charge in [-0.2, -0.15) is 0 Å². The summed E-state index contributed by atoms with van der Waals surface area (Å²) in [4.78, 5) is 26.5. The average Bonchev–Trinajstić information content (AvgIpc) is 3.24. The molecule has 0 aliphatic rings. The number of thiazole rings is 1. The van der Waals surface area contributed by atoms with Gasteiger partial charge in [-0.05, 0) is 37.1 Å². The van der Waals surface area contributed by atoms with Gasteiger partial charge in [0.1, 0.15) is 5.82 Å². The number of aromatic amines is 1. The number of aromatic nitrogens is 3. The van der Waals surface area contributed by atoms with Crippen LogP contribution in [-0.4, -0.2) is 32.8 Å². The Balaban J connectivity index is 1.31. The minimum atomic E-state index is 0.131. The van der Waals surface area contributed by atoms with E-state index in [0.717, 1.165) is 40.2 Å². The number of H-pyrrole nitrogens is 1. The van der Waals surface area contributed by atoms with Crippen molar-refractivity contribution in [3.63, 3.8) is 0 Å². The van der Waals surface area contributed by atoms with Crippen molar-refractivity contribution < 1.29 is 4.79 Å². The van der Waals surface area contributed by atoms with E-state index < -0.39 is 0 Å². The standard InChI is InChI=1S/C20H20N4OS/c1-24(13-18-21-14-7-2-3-8-15(14)22-18)20(25)12-6-11-19-23-16-9-4-5-10-17(16)26-19/h2-5,7-10H,6,11-13H2,1H3,(H,21,22). The normalized spacial score (nSPS) is 11.3. The Kier molecular flexibility index (Phi) is 4.67. The molecule has 2 aromatic heterocycles. The molecule has 0 unspecified atom stereocenters. The topological polar surface area (TPSA) is 61.9 Å². The second kappa shape index (κ2) is 7.25. The van der Waals surface area contributed by atoms with Gasteiger partial charge in [0, 0.05) is 13.5 Å². The Morgan fingerprint density at radius 3 is 2.65 bits per heavy atom. The fraction of sp³-hybridized carbons (Fsp3) is 0.250. The van der Waals surface area contributed by atoms with Crippen molar-refractivity contribution in [3.05, 3.63) is 59.4 Å². The summed E-state index contributed by atoms with van der Waals surface area (Å²) in [7, 11) is 1.83. The van der Waals surface area contributed by atoms with Crippen LogP contribution < -0.4 is 0 Å². The number of hydrogen-bond acceptors (Lipinski definition) is 4. The Bertz CT molecular complexity index is 986. The van der Waals surface area contributed by atoms with E-state index in [9.17, 15) is 4.79 Å². The number of fused-ring (bicyclic) bond motifs is 2. The molecule has 0 saturated heterocycles. The first kappa shape index (κ1) is 16.7. The molecule has 0 spiro atoms. The molecule has 0 aliphatic heterocycles. The smallest absolute Gasteiger partial charge is 0.222 e. The third kappa shape index (κ3) is 3.60. The van der Waals surface area contributed by atoms with E-state index in [-0.39, 0.29) is 5.91 Å². The monoisotopic (exact) mass is 364 g/mol. The molecule has 1 N–H and O–H groups in total. The number of imidazole rings is 1. The van der Waals surface area contributed by atoms with E-state index in [2.05, 4.69) is 21.0 Å². The van der Waals surface area contributed by atoms with Crippen molar-refractivity contribution in [1.82, 2.24) is 19.9 Å². The lowest BCUT2D eigenvalue weighted by atomic mass is 10.2. The molecule has 0 saturated carbocycles. The predicted octanol–water partition coefficient (Wildman–Crippen LogP) is 4.15. The second-order valence-corrected chi connectivity index (χ2v) is 7.49. The fourth-order valence-electron chi connectivity index (χ4n) is 3.00. The Labute approximate surface area is 155 Å². The zero-order valence-corrected chi connectivity index (χ0v) is 15.4. The molecule has 1 amide bonds. The highest BCUT2D eigenvalue weighted by atomic mass is 32.1. The van der Waals surface area contributed by atoms with Crippen LogP contribution in [0.2, 0.25) is 0 Å². The highest BCUT2D eigenvalue weighted by molar-refractivity contribution is 7.18. The lowest BCUT2D eigenvalue weighted by Crippen LogP contribution is -2.26. The summed E-state index contributed by atoms with van der Waals surface area (Å²) in [6.07, 6.45) is 2.17. The lowest BCUT2D eigenvalue weighted by molar-refractivity contribution is -0.130. The van der Waals surface area contributed by atoms with E-state index in [1.807, 2.05) is 49.5 Å². The minimum absolute atomic E-state index is 0.131. The summed E-state index contributed by atoms with van der Waals surface area (Å²) in [5, 5.41) is 1.10. The van der Waals surface area contributed by atoms with Crippen LogP contribution in [0.5, 0.6) is 0 Å². The molecule has 0 bridgehead atoms. The number of carbonyl (C=O) groups is 1. The molecular formula is C20H20N4OS. The van der Waals surface area contributed by atoms with Crippen LogP contribution in [0.1, 0.15) is 23.7 Å². The third-order valence-corrected chi connectivity index (χ3v) is 5.47. The van der Waals surface area contributed by atoms with Crippen molar-refractivity contribution >= 4 is 38.5 Å². The van der Waals surface area contributed by atoms with Gasteiger partial charge in [-0.15, -0.1) is 11.3 Å². The molecule has 6 heteroatoms. The van der Waals surface area contributed by atoms with Gasteiger partial charge >= 0.3 is 0 Å². The van der Waals surface area contributed by atoms with Gasteiger partial charge < -0.3 is 9.88 Å². The molecule has 0 fully saturated rings. The van der Waals surface area contributed by atoms with Gasteiger partial charge in [-0.25, -0.2) is 9.97 Å². The highest BCUT2D eigenvalue weighted by Gasteiger charge is 2.12. The first-order valence-corrected chi connectivity index (χ1v) is 9.53. The predicted molar refractivity (Wildman–Crippen MR) is 105 cm³/mol.